The van der Waals surface area contributed by atoms with Gasteiger partial charge in [-0.1, -0.05) is 6.42 Å². The van der Waals surface area contributed by atoms with Crippen LogP contribution in [0.5, 0.6) is 0 Å². The predicted molar refractivity (Wildman–Crippen MR) is 87.3 cm³/mol. The summed E-state index contributed by atoms with van der Waals surface area (Å²) in [6, 6.07) is 0. The Morgan fingerprint density at radius 3 is 2.42 bits per heavy atom. The van der Waals surface area contributed by atoms with Crippen molar-refractivity contribution in [3.05, 3.63) is 0 Å². The van der Waals surface area contributed by atoms with Crippen LogP contribution in [-0.2, 0) is 19.1 Å². The average molecular weight is 340 g/mol. The van der Waals surface area contributed by atoms with E-state index < -0.39 is 11.4 Å². The van der Waals surface area contributed by atoms with Crippen molar-refractivity contribution in [3.63, 3.8) is 0 Å². The van der Waals surface area contributed by atoms with Crippen molar-refractivity contribution in [2.45, 2.75) is 44.9 Å². The number of nitrogens with zero attached hydrogens (tertiary/aromatic N) is 1. The summed E-state index contributed by atoms with van der Waals surface area (Å²) >= 11 is 0. The Hall–Kier alpha value is -1.63. The molecule has 2 fully saturated rings. The highest BCUT2D eigenvalue weighted by molar-refractivity contribution is 5.86. The van der Waals surface area contributed by atoms with Crippen molar-refractivity contribution in [1.29, 1.82) is 0 Å². The number of hydrogen-bond acceptors (Lipinski definition) is 4. The second-order valence-electron chi connectivity index (χ2n) is 6.91. The van der Waals surface area contributed by atoms with Crippen molar-refractivity contribution in [1.82, 2.24) is 10.2 Å². The first-order valence-corrected chi connectivity index (χ1v) is 8.76. The number of aliphatic carboxylic acids is 1. The van der Waals surface area contributed by atoms with Crippen LogP contribution in [-0.4, -0.2) is 61.1 Å². The van der Waals surface area contributed by atoms with Crippen LogP contribution in [0.25, 0.3) is 0 Å². The highest BCUT2D eigenvalue weighted by atomic mass is 16.5. The number of nitrogens with one attached hydrogen (secondary N) is 1. The van der Waals surface area contributed by atoms with Gasteiger partial charge in [-0.05, 0) is 32.1 Å². The van der Waals surface area contributed by atoms with Crippen LogP contribution in [0.3, 0.4) is 0 Å². The summed E-state index contributed by atoms with van der Waals surface area (Å²) in [5, 5.41) is 12.2. The second kappa shape index (κ2) is 8.46. The first kappa shape index (κ1) is 18.7. The number of carboxylic acids is 1. The number of rotatable bonds is 8. The number of methoxy groups -OCH3 is 1. The maximum Gasteiger partial charge on any atom is 0.310 e. The molecule has 2 amide bonds. The van der Waals surface area contributed by atoms with Gasteiger partial charge in [0.25, 0.3) is 0 Å². The fourth-order valence-electron chi connectivity index (χ4n) is 3.43. The molecule has 2 aliphatic rings. The van der Waals surface area contributed by atoms with E-state index in [9.17, 15) is 19.5 Å². The molecule has 0 unspecified atom stereocenters. The summed E-state index contributed by atoms with van der Waals surface area (Å²) in [4.78, 5) is 37.6. The molecule has 2 rings (SSSR count). The number of likely N-dealkylation sites (tertiary alicyclic amines) is 1. The fraction of sp³-hybridized carbons (Fsp3) is 0.824. The predicted octanol–water partition coefficient (Wildman–Crippen LogP) is 1.02. The summed E-state index contributed by atoms with van der Waals surface area (Å²) < 4.78 is 4.94. The number of carbonyl (C=O) groups excluding carboxylic acids is 2. The zero-order valence-corrected chi connectivity index (χ0v) is 14.4. The Kier molecular flexibility index (Phi) is 6.60. The zero-order chi connectivity index (χ0) is 17.6. The molecule has 0 aromatic carbocycles. The van der Waals surface area contributed by atoms with Crippen molar-refractivity contribution < 1.29 is 24.2 Å². The van der Waals surface area contributed by atoms with Gasteiger partial charge in [0.15, 0.2) is 0 Å². The maximum atomic E-state index is 12.4. The largest absolute Gasteiger partial charge is 0.481 e. The van der Waals surface area contributed by atoms with Crippen LogP contribution in [0.15, 0.2) is 0 Å². The van der Waals surface area contributed by atoms with Crippen LogP contribution in [0.4, 0.5) is 0 Å². The van der Waals surface area contributed by atoms with Gasteiger partial charge in [-0.3, -0.25) is 14.4 Å². The van der Waals surface area contributed by atoms with Gasteiger partial charge in [-0.15, -0.1) is 0 Å². The molecule has 0 aromatic heterocycles. The fourth-order valence-corrected chi connectivity index (χ4v) is 3.43. The molecule has 1 heterocycles. The first-order valence-electron chi connectivity index (χ1n) is 8.76. The van der Waals surface area contributed by atoms with Gasteiger partial charge in [0.1, 0.15) is 0 Å². The summed E-state index contributed by atoms with van der Waals surface area (Å²) in [5.41, 5.74) is -0.841. The lowest BCUT2D eigenvalue weighted by Crippen LogP contribution is -2.47. The van der Waals surface area contributed by atoms with Crippen LogP contribution >= 0.6 is 0 Å². The second-order valence-corrected chi connectivity index (χ2v) is 6.91. The Morgan fingerprint density at radius 2 is 1.92 bits per heavy atom. The highest BCUT2D eigenvalue weighted by Gasteiger charge is 2.46. The topological polar surface area (TPSA) is 95.9 Å². The van der Waals surface area contributed by atoms with Crippen LogP contribution in [0.2, 0.25) is 0 Å². The van der Waals surface area contributed by atoms with E-state index >= 15 is 0 Å². The number of piperidine rings is 1. The molecule has 0 bridgehead atoms. The third kappa shape index (κ3) is 4.47. The van der Waals surface area contributed by atoms with Crippen molar-refractivity contribution >= 4 is 17.8 Å². The highest BCUT2D eigenvalue weighted by Crippen LogP contribution is 2.44. The van der Waals surface area contributed by atoms with E-state index in [0.717, 1.165) is 12.8 Å². The Balaban J connectivity index is 1.73. The van der Waals surface area contributed by atoms with E-state index in [-0.39, 0.29) is 24.2 Å². The monoisotopic (exact) mass is 340 g/mol. The number of hydrogen-bond donors (Lipinski definition) is 2. The van der Waals surface area contributed by atoms with Gasteiger partial charge in [0, 0.05) is 45.7 Å². The van der Waals surface area contributed by atoms with E-state index in [1.165, 1.54) is 0 Å². The molecule has 0 radical (unpaired) electrons. The molecule has 0 aromatic rings. The van der Waals surface area contributed by atoms with E-state index in [1.807, 2.05) is 0 Å². The van der Waals surface area contributed by atoms with Gasteiger partial charge < -0.3 is 20.1 Å². The van der Waals surface area contributed by atoms with E-state index in [2.05, 4.69) is 5.32 Å². The van der Waals surface area contributed by atoms with Crippen LogP contribution in [0.1, 0.15) is 44.9 Å². The maximum absolute atomic E-state index is 12.4. The molecule has 0 spiro atoms. The number of amides is 2. The quantitative estimate of drug-likeness (QED) is 0.643. The van der Waals surface area contributed by atoms with E-state index in [1.54, 1.807) is 12.0 Å². The lowest BCUT2D eigenvalue weighted by Gasteiger charge is -2.39. The lowest BCUT2D eigenvalue weighted by atomic mass is 9.66. The molecular formula is C17H28N2O5. The molecule has 1 aliphatic carbocycles. The van der Waals surface area contributed by atoms with E-state index in [4.69, 9.17) is 4.74 Å². The van der Waals surface area contributed by atoms with Gasteiger partial charge in [-0.25, -0.2) is 0 Å². The number of ether oxygens (including phenoxy) is 1. The lowest BCUT2D eigenvalue weighted by molar-refractivity contribution is -0.160. The molecule has 24 heavy (non-hydrogen) atoms. The molecule has 1 saturated carbocycles. The molecule has 7 nitrogen and oxygen atoms in total. The van der Waals surface area contributed by atoms with Gasteiger partial charge in [-0.2, -0.15) is 0 Å². The molecule has 1 aliphatic heterocycles. The minimum Gasteiger partial charge on any atom is -0.481 e. The van der Waals surface area contributed by atoms with Crippen molar-refractivity contribution in [2.75, 3.05) is 33.4 Å². The normalized spacial score (nSPS) is 20.3. The zero-order valence-electron chi connectivity index (χ0n) is 14.4. The Labute approximate surface area is 142 Å². The first-order chi connectivity index (χ1) is 11.5. The van der Waals surface area contributed by atoms with Gasteiger partial charge in [0.05, 0.1) is 5.41 Å². The molecule has 136 valence electrons. The van der Waals surface area contributed by atoms with Crippen molar-refractivity contribution in [3.8, 4) is 0 Å². The summed E-state index contributed by atoms with van der Waals surface area (Å²) in [5.74, 6) is -0.962. The van der Waals surface area contributed by atoms with E-state index in [0.29, 0.717) is 51.9 Å². The third-order valence-corrected chi connectivity index (χ3v) is 5.30. The Morgan fingerprint density at radius 1 is 1.25 bits per heavy atom. The number of carboxylic acid groups (broad SMARTS) is 1. The van der Waals surface area contributed by atoms with Crippen LogP contribution in [0, 0.1) is 11.3 Å². The summed E-state index contributed by atoms with van der Waals surface area (Å²) in [6.07, 6.45) is 4.23. The molecule has 0 atom stereocenters. The third-order valence-electron chi connectivity index (χ3n) is 5.30. The van der Waals surface area contributed by atoms with Crippen molar-refractivity contribution in [2.24, 2.45) is 11.3 Å². The van der Waals surface area contributed by atoms with Crippen LogP contribution < -0.4 is 5.32 Å². The minimum absolute atomic E-state index is 0.0409. The van der Waals surface area contributed by atoms with Gasteiger partial charge >= 0.3 is 5.97 Å². The molecule has 2 N–H and O–H groups in total. The smallest absolute Gasteiger partial charge is 0.310 e. The Bertz CT molecular complexity index is 468. The standard InChI is InChI=1S/C17H28N2O5/c1-24-11-3-8-18-15(21)13-4-9-19(10-5-13)14(20)12-17(16(22)23)6-2-7-17/h13H,2-12H2,1H3,(H,18,21)(H,22,23). The molecular weight excluding hydrogens is 312 g/mol. The summed E-state index contributed by atoms with van der Waals surface area (Å²) in [6.45, 7) is 2.29. The number of carbonyl (C=O) groups is 3. The average Bonchev–Trinajstić information content (AvgIpc) is 2.54. The van der Waals surface area contributed by atoms with Gasteiger partial charge in [0.2, 0.25) is 11.8 Å². The summed E-state index contributed by atoms with van der Waals surface area (Å²) in [7, 11) is 1.63. The molecule has 7 heteroatoms. The SMILES string of the molecule is COCCCNC(=O)C1CCN(C(=O)CC2(C(=O)O)CCC2)CC1. The molecule has 1 saturated heterocycles. The minimum atomic E-state index is -0.854.